The largest absolute Gasteiger partial charge is 0.460 e. The van der Waals surface area contributed by atoms with Crippen molar-refractivity contribution < 1.29 is 33.4 Å². The van der Waals surface area contributed by atoms with E-state index in [2.05, 4.69) is 15.4 Å². The number of esters is 1. The SMILES string of the molecule is CCOC(=O)C(=O)C(C)NC(=O)[C@@H]1CCCN1C(=O)[C@H](C)NC(=O)OCc1ccccc1. The predicted octanol–water partition coefficient (Wildman–Crippen LogP) is 0.929. The maximum Gasteiger partial charge on any atom is 0.408 e. The zero-order valence-electron chi connectivity index (χ0n) is 18.5. The van der Waals surface area contributed by atoms with Crippen molar-refractivity contribution in [2.45, 2.75) is 58.3 Å². The molecule has 174 valence electrons. The molecule has 3 atom stereocenters. The van der Waals surface area contributed by atoms with Crippen molar-refractivity contribution in [3.8, 4) is 0 Å². The molecule has 0 aromatic heterocycles. The minimum absolute atomic E-state index is 0.0504. The van der Waals surface area contributed by atoms with E-state index in [1.807, 2.05) is 30.3 Å². The molecule has 0 aliphatic carbocycles. The number of nitrogens with one attached hydrogen (secondary N) is 2. The van der Waals surface area contributed by atoms with Gasteiger partial charge in [0.15, 0.2) is 0 Å². The molecule has 1 saturated heterocycles. The van der Waals surface area contributed by atoms with Gasteiger partial charge in [0.1, 0.15) is 18.7 Å². The second-order valence-electron chi connectivity index (χ2n) is 7.43. The molecule has 1 fully saturated rings. The maximum absolute atomic E-state index is 12.8. The third-order valence-corrected chi connectivity index (χ3v) is 4.98. The van der Waals surface area contributed by atoms with Crippen LogP contribution < -0.4 is 10.6 Å². The minimum Gasteiger partial charge on any atom is -0.460 e. The number of amides is 3. The third-order valence-electron chi connectivity index (χ3n) is 4.98. The molecule has 1 heterocycles. The van der Waals surface area contributed by atoms with Crippen molar-refractivity contribution in [2.75, 3.05) is 13.2 Å². The standard InChI is InChI=1S/C22H29N3O7/c1-4-31-21(29)18(26)14(2)23-19(27)17-11-8-12-25(17)20(28)15(3)24-22(30)32-13-16-9-6-5-7-10-16/h5-7,9-10,14-15,17H,4,8,11-13H2,1-3H3,(H,23,27)(H,24,30)/t14?,15-,17-/m0/s1. The summed E-state index contributed by atoms with van der Waals surface area (Å²) in [5.74, 6) is -2.87. The van der Waals surface area contributed by atoms with Gasteiger partial charge in [-0.25, -0.2) is 9.59 Å². The van der Waals surface area contributed by atoms with Gasteiger partial charge in [0.2, 0.25) is 11.8 Å². The Balaban J connectivity index is 1.88. The van der Waals surface area contributed by atoms with Crippen molar-refractivity contribution >= 4 is 29.7 Å². The van der Waals surface area contributed by atoms with E-state index in [9.17, 15) is 24.0 Å². The fraction of sp³-hybridized carbons (Fsp3) is 0.500. The summed E-state index contributed by atoms with van der Waals surface area (Å²) >= 11 is 0. The topological polar surface area (TPSA) is 131 Å². The minimum atomic E-state index is -1.08. The van der Waals surface area contributed by atoms with E-state index in [0.29, 0.717) is 19.4 Å². The number of alkyl carbamates (subject to hydrolysis) is 1. The van der Waals surface area contributed by atoms with Crippen LogP contribution in [0, 0.1) is 0 Å². The van der Waals surface area contributed by atoms with Gasteiger partial charge < -0.3 is 25.0 Å². The van der Waals surface area contributed by atoms with Crippen LogP contribution in [0.2, 0.25) is 0 Å². The molecule has 1 aromatic rings. The van der Waals surface area contributed by atoms with Gasteiger partial charge >= 0.3 is 12.1 Å². The Labute approximate surface area is 186 Å². The summed E-state index contributed by atoms with van der Waals surface area (Å²) in [4.78, 5) is 62.4. The predicted molar refractivity (Wildman–Crippen MR) is 113 cm³/mol. The Morgan fingerprint density at radius 3 is 2.38 bits per heavy atom. The van der Waals surface area contributed by atoms with Gasteiger partial charge in [-0.3, -0.25) is 14.4 Å². The van der Waals surface area contributed by atoms with E-state index in [1.54, 1.807) is 6.92 Å². The van der Waals surface area contributed by atoms with E-state index in [1.165, 1.54) is 18.7 Å². The summed E-state index contributed by atoms with van der Waals surface area (Å²) in [5, 5.41) is 4.94. The summed E-state index contributed by atoms with van der Waals surface area (Å²) in [7, 11) is 0. The molecule has 10 heteroatoms. The van der Waals surface area contributed by atoms with E-state index < -0.39 is 47.8 Å². The number of carbonyl (C=O) groups excluding carboxylic acids is 5. The van der Waals surface area contributed by atoms with Gasteiger partial charge in [-0.1, -0.05) is 30.3 Å². The summed E-state index contributed by atoms with van der Waals surface area (Å²) < 4.78 is 9.78. The van der Waals surface area contributed by atoms with Crippen LogP contribution in [-0.2, 0) is 35.3 Å². The van der Waals surface area contributed by atoms with Gasteiger partial charge in [-0.05, 0) is 39.2 Å². The van der Waals surface area contributed by atoms with Crippen LogP contribution >= 0.6 is 0 Å². The lowest BCUT2D eigenvalue weighted by atomic mass is 10.1. The molecule has 1 aromatic carbocycles. The van der Waals surface area contributed by atoms with Crippen molar-refractivity contribution in [3.63, 3.8) is 0 Å². The van der Waals surface area contributed by atoms with Crippen LogP contribution in [0.5, 0.6) is 0 Å². The number of ketones is 1. The Kier molecular flexibility index (Phi) is 9.18. The number of likely N-dealkylation sites (tertiary alicyclic amines) is 1. The first-order valence-electron chi connectivity index (χ1n) is 10.5. The zero-order valence-corrected chi connectivity index (χ0v) is 18.5. The Morgan fingerprint density at radius 2 is 1.72 bits per heavy atom. The quantitative estimate of drug-likeness (QED) is 0.425. The number of Topliss-reactive ketones (excluding diaryl/α,β-unsaturated/α-hetero) is 1. The number of benzene rings is 1. The van der Waals surface area contributed by atoms with Crippen LogP contribution in [0.3, 0.4) is 0 Å². The molecule has 1 unspecified atom stereocenters. The van der Waals surface area contributed by atoms with Gasteiger partial charge in [0.25, 0.3) is 5.78 Å². The molecular formula is C22H29N3O7. The van der Waals surface area contributed by atoms with Gasteiger partial charge in [-0.15, -0.1) is 0 Å². The van der Waals surface area contributed by atoms with Gasteiger partial charge in [-0.2, -0.15) is 0 Å². The number of rotatable bonds is 9. The van der Waals surface area contributed by atoms with Crippen LogP contribution in [0.1, 0.15) is 39.2 Å². The molecule has 32 heavy (non-hydrogen) atoms. The van der Waals surface area contributed by atoms with Crippen LogP contribution in [0.25, 0.3) is 0 Å². The molecule has 2 N–H and O–H groups in total. The summed E-state index contributed by atoms with van der Waals surface area (Å²) in [6.45, 7) is 4.91. The van der Waals surface area contributed by atoms with Gasteiger partial charge in [0.05, 0.1) is 12.6 Å². The molecule has 2 rings (SSSR count). The number of nitrogens with zero attached hydrogens (tertiary/aromatic N) is 1. The fourth-order valence-corrected chi connectivity index (χ4v) is 3.31. The second kappa shape index (κ2) is 11.8. The average molecular weight is 447 g/mol. The molecule has 1 aliphatic heterocycles. The van der Waals surface area contributed by atoms with Crippen molar-refractivity contribution in [3.05, 3.63) is 35.9 Å². The molecule has 1 aliphatic rings. The highest BCUT2D eigenvalue weighted by molar-refractivity contribution is 6.36. The highest BCUT2D eigenvalue weighted by Crippen LogP contribution is 2.19. The second-order valence-corrected chi connectivity index (χ2v) is 7.43. The Bertz CT molecular complexity index is 843. The average Bonchev–Trinajstić information content (AvgIpc) is 3.27. The van der Waals surface area contributed by atoms with Crippen molar-refractivity contribution in [1.82, 2.24) is 15.5 Å². The number of hydrogen-bond acceptors (Lipinski definition) is 7. The highest BCUT2D eigenvalue weighted by Gasteiger charge is 2.37. The number of hydrogen-bond donors (Lipinski definition) is 2. The van der Waals surface area contributed by atoms with E-state index >= 15 is 0 Å². The summed E-state index contributed by atoms with van der Waals surface area (Å²) in [6, 6.07) is 6.31. The number of ether oxygens (including phenoxy) is 2. The first-order valence-corrected chi connectivity index (χ1v) is 10.5. The lowest BCUT2D eigenvalue weighted by Gasteiger charge is -2.27. The zero-order chi connectivity index (χ0) is 23.7. The molecule has 3 amide bonds. The molecule has 0 spiro atoms. The van der Waals surface area contributed by atoms with Crippen molar-refractivity contribution in [2.24, 2.45) is 0 Å². The normalized spacial score (nSPS) is 17.1. The summed E-state index contributed by atoms with van der Waals surface area (Å²) in [6.07, 6.45) is 0.252. The monoisotopic (exact) mass is 447 g/mol. The van der Waals surface area contributed by atoms with Crippen LogP contribution in [-0.4, -0.2) is 65.8 Å². The van der Waals surface area contributed by atoms with Gasteiger partial charge in [0, 0.05) is 6.54 Å². The Hall–Kier alpha value is -3.43. The third kappa shape index (κ3) is 6.79. The molecule has 0 saturated carbocycles. The first-order chi connectivity index (χ1) is 15.2. The highest BCUT2D eigenvalue weighted by atomic mass is 16.5. The molecule has 0 bridgehead atoms. The van der Waals surface area contributed by atoms with E-state index in [-0.39, 0.29) is 13.2 Å². The lowest BCUT2D eigenvalue weighted by Crippen LogP contribution is -2.54. The van der Waals surface area contributed by atoms with Crippen molar-refractivity contribution in [1.29, 1.82) is 0 Å². The van der Waals surface area contributed by atoms with E-state index in [0.717, 1.165) is 5.56 Å². The molecule has 10 nitrogen and oxygen atoms in total. The molecular weight excluding hydrogens is 418 g/mol. The maximum atomic E-state index is 12.8. The number of carbonyl (C=O) groups is 5. The Morgan fingerprint density at radius 1 is 1.03 bits per heavy atom. The summed E-state index contributed by atoms with van der Waals surface area (Å²) in [5.41, 5.74) is 0.810. The van der Waals surface area contributed by atoms with E-state index in [4.69, 9.17) is 4.74 Å². The molecule has 0 radical (unpaired) electrons. The first kappa shape index (κ1) is 24.8. The lowest BCUT2D eigenvalue weighted by molar-refractivity contribution is -0.154. The smallest absolute Gasteiger partial charge is 0.408 e. The fourth-order valence-electron chi connectivity index (χ4n) is 3.31. The van der Waals surface area contributed by atoms with Crippen LogP contribution in [0.4, 0.5) is 4.79 Å². The van der Waals surface area contributed by atoms with Crippen LogP contribution in [0.15, 0.2) is 30.3 Å².